The smallest absolute Gasteiger partial charge is 0.432 e. The predicted octanol–water partition coefficient (Wildman–Crippen LogP) is 2.31. The number of benzene rings is 1. The van der Waals surface area contributed by atoms with Crippen molar-refractivity contribution in [3.63, 3.8) is 0 Å². The molecule has 1 aromatic rings. The maximum atomic E-state index is 12.9. The third-order valence-corrected chi connectivity index (χ3v) is 2.45. The van der Waals surface area contributed by atoms with Gasteiger partial charge in [-0.25, -0.2) is 4.79 Å². The summed E-state index contributed by atoms with van der Waals surface area (Å²) in [6.45, 7) is 2.80. The second-order valence-corrected chi connectivity index (χ2v) is 3.79. The van der Waals surface area contributed by atoms with Crippen molar-refractivity contribution in [2.45, 2.75) is 25.6 Å². The molecule has 0 radical (unpaired) electrons. The molecule has 1 atom stereocenters. The summed E-state index contributed by atoms with van der Waals surface area (Å²) in [5.74, 6) is -1.72. The van der Waals surface area contributed by atoms with Gasteiger partial charge in [0.1, 0.15) is 0 Å². The molecule has 1 N–H and O–H groups in total. The standard InChI is InChI=1S/C12H13F3O3/c1-3-18-10(16)11(17,12(13,14)15)9-6-4-8(2)5-7-9/h4-7,17H,3H2,1-2H3. The first-order valence-corrected chi connectivity index (χ1v) is 5.27. The molecule has 0 aromatic heterocycles. The highest BCUT2D eigenvalue weighted by molar-refractivity contribution is 5.82. The zero-order valence-corrected chi connectivity index (χ0v) is 9.91. The van der Waals surface area contributed by atoms with E-state index < -0.39 is 23.3 Å². The summed E-state index contributed by atoms with van der Waals surface area (Å²) in [5, 5.41) is 9.71. The molecule has 18 heavy (non-hydrogen) atoms. The zero-order chi connectivity index (χ0) is 14.0. The van der Waals surface area contributed by atoms with Crippen LogP contribution < -0.4 is 0 Å². The van der Waals surface area contributed by atoms with Crippen LogP contribution in [-0.4, -0.2) is 23.9 Å². The summed E-state index contributed by atoms with van der Waals surface area (Å²) < 4.78 is 43.0. The number of carbonyl (C=O) groups excluding carboxylic acids is 1. The Bertz CT molecular complexity index is 425. The zero-order valence-electron chi connectivity index (χ0n) is 9.91. The maximum Gasteiger partial charge on any atom is 0.432 e. The van der Waals surface area contributed by atoms with E-state index >= 15 is 0 Å². The summed E-state index contributed by atoms with van der Waals surface area (Å²) >= 11 is 0. The average molecular weight is 262 g/mol. The highest BCUT2D eigenvalue weighted by Gasteiger charge is 2.62. The van der Waals surface area contributed by atoms with Crippen LogP contribution in [0.25, 0.3) is 0 Å². The Balaban J connectivity index is 3.29. The van der Waals surface area contributed by atoms with Gasteiger partial charge in [0.05, 0.1) is 6.61 Å². The second kappa shape index (κ2) is 4.97. The fourth-order valence-electron chi connectivity index (χ4n) is 1.43. The van der Waals surface area contributed by atoms with E-state index in [0.29, 0.717) is 5.56 Å². The number of ether oxygens (including phenoxy) is 1. The van der Waals surface area contributed by atoms with E-state index in [4.69, 9.17) is 0 Å². The molecule has 1 aromatic carbocycles. The van der Waals surface area contributed by atoms with Crippen LogP contribution in [0.4, 0.5) is 13.2 Å². The number of rotatable bonds is 3. The number of esters is 1. The Labute approximate surface area is 102 Å². The first-order chi connectivity index (χ1) is 8.23. The Kier molecular flexibility index (Phi) is 4.01. The Morgan fingerprint density at radius 1 is 1.28 bits per heavy atom. The van der Waals surface area contributed by atoms with E-state index in [-0.39, 0.29) is 6.61 Å². The van der Waals surface area contributed by atoms with Gasteiger partial charge in [0.15, 0.2) is 0 Å². The normalized spacial score (nSPS) is 15.0. The summed E-state index contributed by atoms with van der Waals surface area (Å²) in [4.78, 5) is 11.4. The van der Waals surface area contributed by atoms with Crippen LogP contribution in [0.5, 0.6) is 0 Å². The Hall–Kier alpha value is -1.56. The van der Waals surface area contributed by atoms with Crippen molar-refractivity contribution >= 4 is 5.97 Å². The molecule has 0 aliphatic heterocycles. The van der Waals surface area contributed by atoms with Crippen LogP contribution in [0.15, 0.2) is 24.3 Å². The van der Waals surface area contributed by atoms with Crippen LogP contribution >= 0.6 is 0 Å². The molecule has 6 heteroatoms. The molecule has 0 bridgehead atoms. The summed E-state index contributed by atoms with van der Waals surface area (Å²) in [6.07, 6.45) is -5.14. The van der Waals surface area contributed by atoms with E-state index in [1.54, 1.807) is 6.92 Å². The Morgan fingerprint density at radius 3 is 2.17 bits per heavy atom. The van der Waals surface area contributed by atoms with Gasteiger partial charge in [-0.1, -0.05) is 29.8 Å². The number of carbonyl (C=O) groups is 1. The van der Waals surface area contributed by atoms with Gasteiger partial charge >= 0.3 is 12.1 Å². The molecule has 0 amide bonds. The van der Waals surface area contributed by atoms with Crippen LogP contribution in [0, 0.1) is 6.92 Å². The molecule has 0 fully saturated rings. The molecule has 3 nitrogen and oxygen atoms in total. The lowest BCUT2D eigenvalue weighted by molar-refractivity contribution is -0.267. The molecular formula is C12H13F3O3. The summed E-state index contributed by atoms with van der Waals surface area (Å²) in [5.41, 5.74) is -3.47. The van der Waals surface area contributed by atoms with E-state index in [9.17, 15) is 23.1 Å². The lowest BCUT2D eigenvalue weighted by Gasteiger charge is -2.28. The van der Waals surface area contributed by atoms with Crippen molar-refractivity contribution in [1.29, 1.82) is 0 Å². The monoisotopic (exact) mass is 262 g/mol. The maximum absolute atomic E-state index is 12.9. The quantitative estimate of drug-likeness (QED) is 0.850. The van der Waals surface area contributed by atoms with Crippen LogP contribution in [0.1, 0.15) is 18.1 Å². The van der Waals surface area contributed by atoms with Crippen molar-refractivity contribution < 1.29 is 27.8 Å². The number of halogens is 3. The fourth-order valence-corrected chi connectivity index (χ4v) is 1.43. The van der Waals surface area contributed by atoms with Gasteiger partial charge in [-0.05, 0) is 13.8 Å². The predicted molar refractivity (Wildman–Crippen MR) is 57.8 cm³/mol. The second-order valence-electron chi connectivity index (χ2n) is 3.79. The lowest BCUT2D eigenvalue weighted by atomic mass is 9.92. The third-order valence-electron chi connectivity index (χ3n) is 2.45. The lowest BCUT2D eigenvalue weighted by Crippen LogP contribution is -2.50. The number of hydrogen-bond donors (Lipinski definition) is 1. The van der Waals surface area contributed by atoms with Crippen molar-refractivity contribution in [3.8, 4) is 0 Å². The van der Waals surface area contributed by atoms with Crippen molar-refractivity contribution in [2.75, 3.05) is 6.61 Å². The molecule has 0 saturated carbocycles. The van der Waals surface area contributed by atoms with Gasteiger partial charge < -0.3 is 9.84 Å². The number of aryl methyl sites for hydroxylation is 1. The van der Waals surface area contributed by atoms with E-state index in [1.165, 1.54) is 19.1 Å². The van der Waals surface area contributed by atoms with Crippen molar-refractivity contribution in [2.24, 2.45) is 0 Å². The molecule has 1 rings (SSSR count). The largest absolute Gasteiger partial charge is 0.463 e. The van der Waals surface area contributed by atoms with Crippen molar-refractivity contribution in [3.05, 3.63) is 35.4 Å². The molecule has 0 aliphatic carbocycles. The minimum Gasteiger partial charge on any atom is -0.463 e. The van der Waals surface area contributed by atoms with Gasteiger partial charge in [0.2, 0.25) is 0 Å². The van der Waals surface area contributed by atoms with Gasteiger partial charge in [-0.3, -0.25) is 0 Å². The SMILES string of the molecule is CCOC(=O)C(O)(c1ccc(C)cc1)C(F)(F)F. The number of aliphatic hydroxyl groups is 1. The third kappa shape index (κ3) is 2.48. The minimum atomic E-state index is -5.14. The summed E-state index contributed by atoms with van der Waals surface area (Å²) in [7, 11) is 0. The van der Waals surface area contributed by atoms with Crippen molar-refractivity contribution in [1.82, 2.24) is 0 Å². The highest BCUT2D eigenvalue weighted by Crippen LogP contribution is 2.40. The molecular weight excluding hydrogens is 249 g/mol. The van der Waals surface area contributed by atoms with E-state index in [0.717, 1.165) is 12.1 Å². The van der Waals surface area contributed by atoms with Gasteiger partial charge in [-0.2, -0.15) is 13.2 Å². The molecule has 0 aliphatic rings. The first-order valence-electron chi connectivity index (χ1n) is 5.27. The fraction of sp³-hybridized carbons (Fsp3) is 0.417. The average Bonchev–Trinajstić information content (AvgIpc) is 2.27. The van der Waals surface area contributed by atoms with Crippen LogP contribution in [0.3, 0.4) is 0 Å². The number of hydrogen-bond acceptors (Lipinski definition) is 3. The van der Waals surface area contributed by atoms with Gasteiger partial charge in [0, 0.05) is 5.56 Å². The molecule has 0 spiro atoms. The minimum absolute atomic E-state index is 0.247. The van der Waals surface area contributed by atoms with Gasteiger partial charge in [0.25, 0.3) is 5.60 Å². The van der Waals surface area contributed by atoms with Gasteiger partial charge in [-0.15, -0.1) is 0 Å². The highest BCUT2D eigenvalue weighted by atomic mass is 19.4. The molecule has 0 heterocycles. The van der Waals surface area contributed by atoms with Crippen LogP contribution in [0.2, 0.25) is 0 Å². The summed E-state index contributed by atoms with van der Waals surface area (Å²) in [6, 6.07) is 4.87. The van der Waals surface area contributed by atoms with E-state index in [2.05, 4.69) is 4.74 Å². The Morgan fingerprint density at radius 2 is 1.78 bits per heavy atom. The molecule has 1 unspecified atom stereocenters. The first kappa shape index (κ1) is 14.5. The number of alkyl halides is 3. The molecule has 100 valence electrons. The van der Waals surface area contributed by atoms with E-state index in [1.807, 2.05) is 0 Å². The van der Waals surface area contributed by atoms with Crippen LogP contribution in [-0.2, 0) is 15.1 Å². The topological polar surface area (TPSA) is 46.5 Å². The molecule has 0 saturated heterocycles.